The third kappa shape index (κ3) is 106. The first kappa shape index (κ1) is 17.8. The molecule has 0 unspecified atom stereocenters. The Morgan fingerprint density at radius 2 is 0.800 bits per heavy atom. The molecule has 1 radical (unpaired) electrons. The van der Waals surface area contributed by atoms with Crippen molar-refractivity contribution in [1.29, 1.82) is 0 Å². The Balaban J connectivity index is -0.0000000133. The Hall–Kier alpha value is 0.519. The molecule has 0 amide bonds. The van der Waals surface area contributed by atoms with E-state index < -0.39 is 0 Å². The zero-order valence-electron chi connectivity index (χ0n) is 3.72. The molecule has 0 aromatic rings. The van der Waals surface area contributed by atoms with Gasteiger partial charge in [-0.3, -0.25) is 0 Å². The van der Waals surface area contributed by atoms with Gasteiger partial charge in [0.2, 0.25) is 0 Å². The van der Waals surface area contributed by atoms with Gasteiger partial charge in [0.25, 0.3) is 0 Å². The molecule has 0 aliphatic heterocycles. The van der Waals surface area contributed by atoms with Crippen LogP contribution in [0.25, 0.3) is 0 Å². The fourth-order valence-corrected chi connectivity index (χ4v) is 0. The zero-order chi connectivity index (χ0) is 4.00. The van der Waals surface area contributed by atoms with Gasteiger partial charge in [0.05, 0.1) is 0 Å². The molecule has 0 atom stereocenters. The van der Waals surface area contributed by atoms with Crippen molar-refractivity contribution in [2.24, 2.45) is 0 Å². The van der Waals surface area contributed by atoms with E-state index in [2.05, 4.69) is 13.8 Å². The molecule has 0 N–H and O–H groups in total. The maximum Gasteiger partial charge on any atom is 2.00 e. The Morgan fingerprint density at radius 1 is 0.800 bits per heavy atom. The van der Waals surface area contributed by atoms with Crippen molar-refractivity contribution in [3.05, 3.63) is 13.8 Å². The van der Waals surface area contributed by atoms with Gasteiger partial charge in [0.15, 0.2) is 0 Å². The van der Waals surface area contributed by atoms with E-state index in [1.165, 1.54) is 0 Å². The van der Waals surface area contributed by atoms with Gasteiger partial charge in [-0.2, -0.15) is 13.8 Å². The van der Waals surface area contributed by atoms with E-state index in [0.29, 0.717) is 0 Å². The van der Waals surface area contributed by atoms with Crippen LogP contribution in [0.2, 0.25) is 0 Å². The molecule has 0 aliphatic rings. The predicted molar refractivity (Wildman–Crippen MR) is 22.1 cm³/mol. The van der Waals surface area contributed by atoms with Crippen LogP contribution in [-0.2, 0) is 17.1 Å². The Labute approximate surface area is 45.4 Å². The second-order valence-corrected chi connectivity index (χ2v) is 0. The first-order valence-corrected chi connectivity index (χ1v) is 1.41. The Bertz CT molecular complexity index is 3.61. The van der Waals surface area contributed by atoms with Crippen LogP contribution < -0.4 is 0 Å². The molecule has 37 valence electrons. The van der Waals surface area contributed by atoms with Gasteiger partial charge in [0.1, 0.15) is 0 Å². The molecular weight excluding hydrogens is 112 g/mol. The van der Waals surface area contributed by atoms with Crippen molar-refractivity contribution < 1.29 is 17.1 Å². The molecule has 0 rings (SSSR count). The second kappa shape index (κ2) is 207. The molecule has 0 spiro atoms. The fraction of sp³-hybridized carbons (Fsp3) is 0.500. The minimum absolute atomic E-state index is 0. The van der Waals surface area contributed by atoms with Crippen molar-refractivity contribution in [1.82, 2.24) is 0 Å². The third-order valence-corrected chi connectivity index (χ3v) is 0. The van der Waals surface area contributed by atoms with E-state index in [4.69, 9.17) is 0 Å². The largest absolute Gasteiger partial charge is 2.00 e. The normalized spacial score (nSPS) is 2.40. The summed E-state index contributed by atoms with van der Waals surface area (Å²) in [5, 5.41) is 0. The van der Waals surface area contributed by atoms with E-state index in [-0.39, 0.29) is 17.1 Å². The van der Waals surface area contributed by atoms with Gasteiger partial charge in [-0.05, 0) is 0 Å². The molecule has 0 heterocycles. The molecule has 1 heteroatoms. The molecule has 0 saturated carbocycles. The van der Waals surface area contributed by atoms with E-state index in [9.17, 15) is 0 Å². The standard InChI is InChI=1S/2C2H5.Cu/c2*1-2;/h2*1H2,2H3;/q2*-1;+2. The Kier molecular flexibility index (Phi) is 737. The minimum Gasteiger partial charge on any atom is -0.346 e. The van der Waals surface area contributed by atoms with E-state index in [1.807, 2.05) is 0 Å². The quantitative estimate of drug-likeness (QED) is 0.338. The van der Waals surface area contributed by atoms with Crippen LogP contribution in [0.15, 0.2) is 0 Å². The van der Waals surface area contributed by atoms with Gasteiger partial charge >= 0.3 is 17.1 Å². The Morgan fingerprint density at radius 3 is 0.800 bits per heavy atom. The fourth-order valence-electron chi connectivity index (χ4n) is 0. The summed E-state index contributed by atoms with van der Waals surface area (Å²) in [7, 11) is 0. The second-order valence-electron chi connectivity index (χ2n) is 0. The van der Waals surface area contributed by atoms with Crippen molar-refractivity contribution in [2.75, 3.05) is 0 Å². The number of hydrogen-bond acceptors (Lipinski definition) is 0. The van der Waals surface area contributed by atoms with Gasteiger partial charge in [-0.15, -0.1) is 0 Å². The molecule has 0 bridgehead atoms. The summed E-state index contributed by atoms with van der Waals surface area (Å²) in [6.45, 7) is 10.0. The van der Waals surface area contributed by atoms with Gasteiger partial charge < -0.3 is 13.8 Å². The monoisotopic (exact) mass is 121 g/mol. The summed E-state index contributed by atoms with van der Waals surface area (Å²) in [5.74, 6) is 0. The minimum atomic E-state index is 0. The molecule has 5 heavy (non-hydrogen) atoms. The van der Waals surface area contributed by atoms with Crippen molar-refractivity contribution in [3.8, 4) is 0 Å². The SMILES string of the molecule is [CH2-]C.[CH2-]C.[Cu+2]. The zero-order valence-corrected chi connectivity index (χ0v) is 4.66. The van der Waals surface area contributed by atoms with Crippen LogP contribution in [0.5, 0.6) is 0 Å². The molecule has 0 aromatic heterocycles. The third-order valence-electron chi connectivity index (χ3n) is 0. The first-order valence-electron chi connectivity index (χ1n) is 1.41. The summed E-state index contributed by atoms with van der Waals surface area (Å²) < 4.78 is 0. The number of rotatable bonds is 0. The number of hydrogen-bond donors (Lipinski definition) is 0. The van der Waals surface area contributed by atoms with Crippen LogP contribution in [0.3, 0.4) is 0 Å². The summed E-state index contributed by atoms with van der Waals surface area (Å²) in [6, 6.07) is 0. The van der Waals surface area contributed by atoms with Gasteiger partial charge in [0, 0.05) is 0 Å². The molecule has 0 aliphatic carbocycles. The predicted octanol–water partition coefficient (Wildman–Crippen LogP) is 1.68. The van der Waals surface area contributed by atoms with E-state index in [1.54, 1.807) is 13.8 Å². The summed E-state index contributed by atoms with van der Waals surface area (Å²) in [6.07, 6.45) is 0. The summed E-state index contributed by atoms with van der Waals surface area (Å²) in [5.41, 5.74) is 0. The van der Waals surface area contributed by atoms with Crippen LogP contribution in [0.1, 0.15) is 13.8 Å². The van der Waals surface area contributed by atoms with Gasteiger partial charge in [-0.25, -0.2) is 0 Å². The van der Waals surface area contributed by atoms with Crippen LogP contribution >= 0.6 is 0 Å². The van der Waals surface area contributed by atoms with Crippen LogP contribution in [0, 0.1) is 13.8 Å². The summed E-state index contributed by atoms with van der Waals surface area (Å²) >= 11 is 0. The molecule has 0 saturated heterocycles. The first-order chi connectivity index (χ1) is 2.00. The maximum absolute atomic E-state index is 3.25. The van der Waals surface area contributed by atoms with Crippen molar-refractivity contribution in [2.45, 2.75) is 13.8 Å². The average Bonchev–Trinajstić information content (AvgIpc) is 1.50. The van der Waals surface area contributed by atoms with Gasteiger partial charge in [-0.1, -0.05) is 0 Å². The smallest absolute Gasteiger partial charge is 0.346 e. The summed E-state index contributed by atoms with van der Waals surface area (Å²) in [4.78, 5) is 0. The molecule has 0 aromatic carbocycles. The van der Waals surface area contributed by atoms with E-state index in [0.717, 1.165) is 0 Å². The van der Waals surface area contributed by atoms with E-state index >= 15 is 0 Å². The average molecular weight is 122 g/mol. The topological polar surface area (TPSA) is 0 Å². The molecule has 0 nitrogen and oxygen atoms in total. The van der Waals surface area contributed by atoms with Crippen molar-refractivity contribution >= 4 is 0 Å². The van der Waals surface area contributed by atoms with Crippen molar-refractivity contribution in [3.63, 3.8) is 0 Å². The van der Waals surface area contributed by atoms with Crippen LogP contribution in [-0.4, -0.2) is 0 Å². The maximum atomic E-state index is 3.25. The van der Waals surface area contributed by atoms with Crippen LogP contribution in [0.4, 0.5) is 0 Å². The molecular formula is C4H10Cu. The molecule has 0 fully saturated rings.